The molecule has 0 spiro atoms. The zero-order valence-electron chi connectivity index (χ0n) is 32.0. The van der Waals surface area contributed by atoms with E-state index in [0.29, 0.717) is 17.5 Å². The SMILES string of the molecule is c1ccc(-c2cccc3c2oc2ccc(-c4nc(-c5ccc6ccccc6c5)nc(-c5cccc6sc7cc(-c8ccccc8-c8cnccn8)ccc7c56)n4)cc23)cc1. The molecule has 4 aromatic heterocycles. The van der Waals surface area contributed by atoms with Crippen LogP contribution in [0.1, 0.15) is 0 Å². The number of nitrogens with zero attached hydrogens (tertiary/aromatic N) is 5. The van der Waals surface area contributed by atoms with Crippen molar-refractivity contribution >= 4 is 64.2 Å². The van der Waals surface area contributed by atoms with Crippen LogP contribution >= 0.6 is 11.3 Å². The molecular weight excluding hydrogens is 755 g/mol. The largest absolute Gasteiger partial charge is 0.455 e. The van der Waals surface area contributed by atoms with E-state index >= 15 is 0 Å². The first kappa shape index (κ1) is 34.2. The second-order valence-electron chi connectivity index (χ2n) is 14.9. The number of thiophene rings is 1. The number of aromatic nitrogens is 5. The minimum absolute atomic E-state index is 0.595. The van der Waals surface area contributed by atoms with Crippen molar-refractivity contribution < 1.29 is 4.42 Å². The molecule has 0 amide bonds. The van der Waals surface area contributed by atoms with Gasteiger partial charge in [-0.3, -0.25) is 9.97 Å². The van der Waals surface area contributed by atoms with Crippen molar-refractivity contribution in [1.82, 2.24) is 24.9 Å². The molecule has 8 aromatic carbocycles. The van der Waals surface area contributed by atoms with Crippen molar-refractivity contribution in [3.8, 4) is 67.7 Å². The zero-order valence-corrected chi connectivity index (χ0v) is 32.8. The van der Waals surface area contributed by atoms with Crippen LogP contribution < -0.4 is 0 Å². The Balaban J connectivity index is 1.04. The van der Waals surface area contributed by atoms with E-state index in [4.69, 9.17) is 19.4 Å². The standard InChI is InChI=1S/C53H31N5OS/c1-2-11-33(12-3-1)39-16-8-17-41-44-29-37(23-25-46(44)59-50(39)41)52-56-51(36-21-20-32-10-4-5-13-34(32)28-36)57-53(58-52)43-18-9-19-47-49(43)42-24-22-35(30-48(42)60-47)38-14-6-7-15-40(38)45-31-54-26-27-55-45/h1-31H. The number of rotatable bonds is 6. The molecule has 0 unspecified atom stereocenters. The number of furan rings is 1. The van der Waals surface area contributed by atoms with Crippen LogP contribution in [0.25, 0.3) is 121 Å². The summed E-state index contributed by atoms with van der Waals surface area (Å²) in [6.07, 6.45) is 5.25. The van der Waals surface area contributed by atoms with Crippen molar-refractivity contribution in [2.24, 2.45) is 0 Å². The van der Waals surface area contributed by atoms with Gasteiger partial charge < -0.3 is 4.42 Å². The molecule has 4 heterocycles. The average Bonchev–Trinajstić information content (AvgIpc) is 3.90. The van der Waals surface area contributed by atoms with Gasteiger partial charge in [0.2, 0.25) is 0 Å². The number of benzene rings is 8. The highest BCUT2D eigenvalue weighted by Gasteiger charge is 2.20. The van der Waals surface area contributed by atoms with Crippen LogP contribution in [0, 0.1) is 0 Å². The van der Waals surface area contributed by atoms with Crippen LogP contribution in [0.5, 0.6) is 0 Å². The normalized spacial score (nSPS) is 11.7. The van der Waals surface area contributed by atoms with Gasteiger partial charge in [0.05, 0.1) is 11.9 Å². The highest BCUT2D eigenvalue weighted by Crippen LogP contribution is 2.43. The number of hydrogen-bond acceptors (Lipinski definition) is 7. The molecule has 0 aliphatic carbocycles. The van der Waals surface area contributed by atoms with Crippen molar-refractivity contribution in [2.75, 3.05) is 0 Å². The lowest BCUT2D eigenvalue weighted by Crippen LogP contribution is -2.00. The minimum Gasteiger partial charge on any atom is -0.455 e. The summed E-state index contributed by atoms with van der Waals surface area (Å²) in [5.41, 5.74) is 10.7. The van der Waals surface area contributed by atoms with E-state index in [2.05, 4.69) is 162 Å². The van der Waals surface area contributed by atoms with Crippen LogP contribution in [0.15, 0.2) is 193 Å². The highest BCUT2D eigenvalue weighted by atomic mass is 32.1. The highest BCUT2D eigenvalue weighted by molar-refractivity contribution is 7.26. The second-order valence-corrected chi connectivity index (χ2v) is 15.9. The molecule has 0 saturated heterocycles. The van der Waals surface area contributed by atoms with Gasteiger partial charge in [-0.1, -0.05) is 133 Å². The maximum absolute atomic E-state index is 6.54. The first-order valence-electron chi connectivity index (χ1n) is 19.8. The third-order valence-electron chi connectivity index (χ3n) is 11.3. The Morgan fingerprint density at radius 2 is 1.13 bits per heavy atom. The fourth-order valence-corrected chi connectivity index (χ4v) is 9.61. The van der Waals surface area contributed by atoms with Crippen LogP contribution in [0.2, 0.25) is 0 Å². The first-order chi connectivity index (χ1) is 29.7. The quantitative estimate of drug-likeness (QED) is 0.167. The summed E-state index contributed by atoms with van der Waals surface area (Å²) in [7, 11) is 0. The van der Waals surface area contributed by atoms with Crippen LogP contribution in [0.3, 0.4) is 0 Å². The monoisotopic (exact) mass is 785 g/mol. The van der Waals surface area contributed by atoms with Gasteiger partial charge in [-0.05, 0) is 63.9 Å². The lowest BCUT2D eigenvalue weighted by Gasteiger charge is -2.11. The molecular formula is C53H31N5OS. The third-order valence-corrected chi connectivity index (χ3v) is 12.4. The maximum atomic E-state index is 6.54. The van der Waals surface area contributed by atoms with Gasteiger partial charge in [-0.25, -0.2) is 15.0 Å². The molecule has 0 fully saturated rings. The Bertz CT molecular complexity index is 3620. The molecule has 0 radical (unpaired) electrons. The molecule has 12 rings (SSSR count). The predicted octanol–water partition coefficient (Wildman–Crippen LogP) is 14.1. The Hall–Kier alpha value is -7.87. The number of fused-ring (bicyclic) bond motifs is 7. The Kier molecular flexibility index (Phi) is 7.92. The van der Waals surface area contributed by atoms with Crippen LogP contribution in [-0.2, 0) is 0 Å². The number of hydrogen-bond donors (Lipinski definition) is 0. The molecule has 0 atom stereocenters. The van der Waals surface area contributed by atoms with E-state index in [1.54, 1.807) is 23.7 Å². The van der Waals surface area contributed by atoms with E-state index in [1.165, 1.54) is 4.70 Å². The molecule has 0 aliphatic rings. The second kappa shape index (κ2) is 13.9. The van der Waals surface area contributed by atoms with Crippen LogP contribution in [-0.4, -0.2) is 24.9 Å². The Labute approximate surface area is 348 Å². The molecule has 280 valence electrons. The summed E-state index contributed by atoms with van der Waals surface area (Å²) in [5, 5.41) is 6.62. The van der Waals surface area contributed by atoms with Crippen molar-refractivity contribution in [2.45, 2.75) is 0 Å². The molecule has 12 aromatic rings. The average molecular weight is 786 g/mol. The summed E-state index contributed by atoms with van der Waals surface area (Å²) in [6, 6.07) is 59.2. The maximum Gasteiger partial charge on any atom is 0.164 e. The molecule has 7 heteroatoms. The van der Waals surface area contributed by atoms with E-state index < -0.39 is 0 Å². The van der Waals surface area contributed by atoms with Crippen molar-refractivity contribution in [1.29, 1.82) is 0 Å². The van der Waals surface area contributed by atoms with Gasteiger partial charge in [-0.2, -0.15) is 0 Å². The summed E-state index contributed by atoms with van der Waals surface area (Å²) >= 11 is 1.78. The molecule has 0 N–H and O–H groups in total. The van der Waals surface area contributed by atoms with Crippen molar-refractivity contribution in [3.05, 3.63) is 188 Å². The predicted molar refractivity (Wildman–Crippen MR) is 246 cm³/mol. The van der Waals surface area contributed by atoms with Crippen molar-refractivity contribution in [3.63, 3.8) is 0 Å². The van der Waals surface area contributed by atoms with Gasteiger partial charge in [-0.15, -0.1) is 11.3 Å². The van der Waals surface area contributed by atoms with Gasteiger partial charge >= 0.3 is 0 Å². The van der Waals surface area contributed by atoms with Gasteiger partial charge in [0.1, 0.15) is 11.2 Å². The Morgan fingerprint density at radius 3 is 2.00 bits per heavy atom. The molecule has 0 saturated carbocycles. The van der Waals surface area contributed by atoms with Gasteiger partial charge in [0.15, 0.2) is 17.5 Å². The summed E-state index contributed by atoms with van der Waals surface area (Å²) in [5.74, 6) is 1.83. The first-order valence-corrected chi connectivity index (χ1v) is 20.6. The summed E-state index contributed by atoms with van der Waals surface area (Å²) < 4.78 is 8.89. The molecule has 0 bridgehead atoms. The summed E-state index contributed by atoms with van der Waals surface area (Å²) in [6.45, 7) is 0. The molecule has 0 aliphatic heterocycles. The van der Waals surface area contributed by atoms with Gasteiger partial charge in [0.25, 0.3) is 0 Å². The smallest absolute Gasteiger partial charge is 0.164 e. The fourth-order valence-electron chi connectivity index (χ4n) is 8.44. The summed E-state index contributed by atoms with van der Waals surface area (Å²) in [4.78, 5) is 24.7. The Morgan fingerprint density at radius 1 is 0.417 bits per heavy atom. The third kappa shape index (κ3) is 5.74. The zero-order chi connectivity index (χ0) is 39.6. The molecule has 6 nitrogen and oxygen atoms in total. The van der Waals surface area contributed by atoms with Gasteiger partial charge in [0, 0.05) is 71.2 Å². The lowest BCUT2D eigenvalue weighted by atomic mass is 9.96. The van der Waals surface area contributed by atoms with Crippen LogP contribution in [0.4, 0.5) is 0 Å². The topological polar surface area (TPSA) is 77.6 Å². The minimum atomic E-state index is 0.595. The van der Waals surface area contributed by atoms with E-state index in [9.17, 15) is 0 Å². The van der Waals surface area contributed by atoms with E-state index in [0.717, 1.165) is 98.4 Å². The number of para-hydroxylation sites is 1. The lowest BCUT2D eigenvalue weighted by molar-refractivity contribution is 0.670. The molecule has 60 heavy (non-hydrogen) atoms. The van der Waals surface area contributed by atoms with E-state index in [1.807, 2.05) is 24.4 Å². The van der Waals surface area contributed by atoms with E-state index in [-0.39, 0.29) is 0 Å². The fraction of sp³-hybridized carbons (Fsp3) is 0.